The number of carbonyl (C=O) groups excluding carboxylic acids is 1. The molecule has 2 aliphatic heterocycles. The summed E-state index contributed by atoms with van der Waals surface area (Å²) in [5.41, 5.74) is 3.10. The second-order valence-corrected chi connectivity index (χ2v) is 8.38. The third kappa shape index (κ3) is 3.40. The second kappa shape index (κ2) is 7.67. The number of aryl methyl sites for hydroxylation is 2. The molecule has 2 atom stereocenters. The van der Waals surface area contributed by atoms with E-state index in [1.54, 1.807) is 0 Å². The minimum absolute atomic E-state index is 0.232. The standard InChI is InChI=1S/C24H25FN4O/c1-16-11-18(25)13-27-24(16)29-15-19-12-20(29)14-28(19)23(30)9-3-6-17-5-2-8-22-21(17)7-4-10-26-22/h2,4-5,7-8,10-11,13,19-20H,3,6,9,12,14-15H2,1H3. The van der Waals surface area contributed by atoms with Crippen LogP contribution in [0.25, 0.3) is 10.9 Å². The Bertz CT molecular complexity index is 1100. The first-order valence-electron chi connectivity index (χ1n) is 10.6. The Morgan fingerprint density at radius 1 is 1.17 bits per heavy atom. The Morgan fingerprint density at radius 3 is 2.87 bits per heavy atom. The van der Waals surface area contributed by atoms with E-state index in [2.05, 4.69) is 27.0 Å². The molecule has 1 aromatic carbocycles. The van der Waals surface area contributed by atoms with E-state index in [0.29, 0.717) is 6.42 Å². The average Bonchev–Trinajstić information content (AvgIpc) is 3.35. The quantitative estimate of drug-likeness (QED) is 0.647. The summed E-state index contributed by atoms with van der Waals surface area (Å²) in [6.07, 6.45) is 6.34. The summed E-state index contributed by atoms with van der Waals surface area (Å²) in [6.45, 7) is 3.41. The molecule has 6 heteroatoms. The van der Waals surface area contributed by atoms with Gasteiger partial charge in [-0.15, -0.1) is 0 Å². The van der Waals surface area contributed by atoms with Crippen LogP contribution in [0.2, 0.25) is 0 Å². The first kappa shape index (κ1) is 19.0. The zero-order chi connectivity index (χ0) is 20.7. The molecule has 3 aromatic rings. The minimum atomic E-state index is -0.306. The monoisotopic (exact) mass is 404 g/mol. The number of likely N-dealkylation sites (tertiary alicyclic amines) is 1. The SMILES string of the molecule is Cc1cc(F)cnc1N1CC2CC1CN2C(=O)CCCc1cccc2ncccc12. The highest BCUT2D eigenvalue weighted by molar-refractivity contribution is 5.82. The van der Waals surface area contributed by atoms with Crippen LogP contribution in [-0.2, 0) is 11.2 Å². The number of benzene rings is 1. The van der Waals surface area contributed by atoms with Crippen molar-refractivity contribution >= 4 is 22.6 Å². The fourth-order valence-electron chi connectivity index (χ4n) is 5.02. The zero-order valence-corrected chi connectivity index (χ0v) is 17.1. The Kier molecular flexibility index (Phi) is 4.85. The van der Waals surface area contributed by atoms with Gasteiger partial charge in [0, 0.05) is 31.1 Å². The van der Waals surface area contributed by atoms with Gasteiger partial charge in [0.05, 0.1) is 23.8 Å². The van der Waals surface area contributed by atoms with Gasteiger partial charge in [0.1, 0.15) is 11.6 Å². The van der Waals surface area contributed by atoms with E-state index in [9.17, 15) is 9.18 Å². The summed E-state index contributed by atoms with van der Waals surface area (Å²) >= 11 is 0. The fraction of sp³-hybridized carbons (Fsp3) is 0.375. The van der Waals surface area contributed by atoms with E-state index in [4.69, 9.17) is 0 Å². The van der Waals surface area contributed by atoms with Crippen LogP contribution in [0.1, 0.15) is 30.4 Å². The highest BCUT2D eigenvalue weighted by Crippen LogP contribution is 2.35. The van der Waals surface area contributed by atoms with Crippen molar-refractivity contribution in [3.05, 3.63) is 65.7 Å². The molecule has 154 valence electrons. The average molecular weight is 404 g/mol. The lowest BCUT2D eigenvalue weighted by molar-refractivity contribution is -0.132. The van der Waals surface area contributed by atoms with Crippen LogP contribution in [0.4, 0.5) is 10.2 Å². The lowest BCUT2D eigenvalue weighted by Crippen LogP contribution is -2.49. The fourth-order valence-corrected chi connectivity index (χ4v) is 5.02. The topological polar surface area (TPSA) is 49.3 Å². The molecule has 2 bridgehead atoms. The third-order valence-corrected chi connectivity index (χ3v) is 6.42. The summed E-state index contributed by atoms with van der Waals surface area (Å²) in [4.78, 5) is 25.9. The highest BCUT2D eigenvalue weighted by Gasteiger charge is 2.45. The van der Waals surface area contributed by atoms with Gasteiger partial charge in [-0.2, -0.15) is 0 Å². The van der Waals surface area contributed by atoms with E-state index in [-0.39, 0.29) is 23.8 Å². The van der Waals surface area contributed by atoms with Crippen LogP contribution in [0.15, 0.2) is 48.8 Å². The highest BCUT2D eigenvalue weighted by atomic mass is 19.1. The lowest BCUT2D eigenvalue weighted by atomic mass is 10.0. The maximum absolute atomic E-state index is 13.4. The van der Waals surface area contributed by atoms with E-state index in [1.807, 2.05) is 36.2 Å². The second-order valence-electron chi connectivity index (χ2n) is 8.38. The minimum Gasteiger partial charge on any atom is -0.349 e. The molecule has 0 N–H and O–H groups in total. The molecule has 2 aromatic heterocycles. The van der Waals surface area contributed by atoms with Crippen molar-refractivity contribution in [2.45, 2.75) is 44.7 Å². The van der Waals surface area contributed by atoms with Gasteiger partial charge in [-0.3, -0.25) is 9.78 Å². The van der Waals surface area contributed by atoms with E-state index in [0.717, 1.165) is 49.2 Å². The van der Waals surface area contributed by atoms with Crippen LogP contribution in [0.5, 0.6) is 0 Å². The van der Waals surface area contributed by atoms with Gasteiger partial charge < -0.3 is 9.80 Å². The van der Waals surface area contributed by atoms with E-state index >= 15 is 0 Å². The number of pyridine rings is 2. The van der Waals surface area contributed by atoms with Crippen molar-refractivity contribution < 1.29 is 9.18 Å². The summed E-state index contributed by atoms with van der Waals surface area (Å²) in [5, 5.41) is 1.17. The Hall–Kier alpha value is -3.02. The first-order chi connectivity index (χ1) is 14.6. The number of aromatic nitrogens is 2. The lowest BCUT2D eigenvalue weighted by Gasteiger charge is -2.35. The molecule has 0 aliphatic carbocycles. The maximum Gasteiger partial charge on any atom is 0.222 e. The molecule has 30 heavy (non-hydrogen) atoms. The van der Waals surface area contributed by atoms with E-state index in [1.165, 1.54) is 23.2 Å². The first-order valence-corrected chi connectivity index (χ1v) is 10.6. The zero-order valence-electron chi connectivity index (χ0n) is 17.1. The summed E-state index contributed by atoms with van der Waals surface area (Å²) in [6, 6.07) is 12.3. The predicted molar refractivity (Wildman–Crippen MR) is 115 cm³/mol. The van der Waals surface area contributed by atoms with Crippen molar-refractivity contribution in [3.63, 3.8) is 0 Å². The summed E-state index contributed by atoms with van der Waals surface area (Å²) in [5.74, 6) is 0.782. The molecule has 1 amide bonds. The van der Waals surface area contributed by atoms with Gasteiger partial charge in [-0.1, -0.05) is 18.2 Å². The number of piperazine rings is 1. The molecule has 5 nitrogen and oxygen atoms in total. The molecule has 2 unspecified atom stereocenters. The van der Waals surface area contributed by atoms with Crippen LogP contribution in [0.3, 0.4) is 0 Å². The van der Waals surface area contributed by atoms with E-state index < -0.39 is 0 Å². The van der Waals surface area contributed by atoms with Crippen LogP contribution in [-0.4, -0.2) is 45.9 Å². The molecule has 5 rings (SSSR count). The molecular weight excluding hydrogens is 379 g/mol. The van der Waals surface area contributed by atoms with Gasteiger partial charge in [-0.05, 0) is 55.5 Å². The molecule has 0 radical (unpaired) electrons. The molecule has 0 spiro atoms. The number of amides is 1. The third-order valence-electron chi connectivity index (χ3n) is 6.42. The number of anilines is 1. The Balaban J connectivity index is 1.19. The van der Waals surface area contributed by atoms with Gasteiger partial charge in [0.15, 0.2) is 0 Å². The van der Waals surface area contributed by atoms with Crippen molar-refractivity contribution in [2.24, 2.45) is 0 Å². The molecular formula is C24H25FN4O. The number of carbonyl (C=O) groups is 1. The van der Waals surface area contributed by atoms with Crippen molar-refractivity contribution in [1.82, 2.24) is 14.9 Å². The van der Waals surface area contributed by atoms with Gasteiger partial charge in [0.25, 0.3) is 0 Å². The smallest absolute Gasteiger partial charge is 0.222 e. The van der Waals surface area contributed by atoms with Crippen LogP contribution >= 0.6 is 0 Å². The molecule has 2 fully saturated rings. The number of rotatable bonds is 5. The summed E-state index contributed by atoms with van der Waals surface area (Å²) < 4.78 is 13.4. The summed E-state index contributed by atoms with van der Waals surface area (Å²) in [7, 11) is 0. The van der Waals surface area contributed by atoms with Crippen molar-refractivity contribution in [1.29, 1.82) is 0 Å². The Morgan fingerprint density at radius 2 is 2.07 bits per heavy atom. The van der Waals surface area contributed by atoms with Crippen molar-refractivity contribution in [2.75, 3.05) is 18.0 Å². The van der Waals surface area contributed by atoms with Crippen molar-refractivity contribution in [3.8, 4) is 0 Å². The molecule has 2 saturated heterocycles. The number of fused-ring (bicyclic) bond motifs is 3. The molecule has 0 saturated carbocycles. The maximum atomic E-state index is 13.4. The van der Waals surface area contributed by atoms with Gasteiger partial charge >= 0.3 is 0 Å². The molecule has 4 heterocycles. The number of hydrogen-bond acceptors (Lipinski definition) is 4. The number of nitrogens with zero attached hydrogens (tertiary/aromatic N) is 4. The number of halogens is 1. The Labute approximate surface area is 175 Å². The van der Waals surface area contributed by atoms with Crippen LogP contribution < -0.4 is 4.90 Å². The number of hydrogen-bond donors (Lipinski definition) is 0. The van der Waals surface area contributed by atoms with Gasteiger partial charge in [0.2, 0.25) is 5.91 Å². The van der Waals surface area contributed by atoms with Crippen LogP contribution in [0, 0.1) is 12.7 Å². The van der Waals surface area contributed by atoms with Gasteiger partial charge in [-0.25, -0.2) is 9.37 Å². The normalized spacial score (nSPS) is 20.3. The largest absolute Gasteiger partial charge is 0.349 e. The predicted octanol–water partition coefficient (Wildman–Crippen LogP) is 3.89. The molecule has 2 aliphatic rings.